The Kier molecular flexibility index (Phi) is 4.00. The van der Waals surface area contributed by atoms with Crippen LogP contribution in [-0.2, 0) is 0 Å². The monoisotopic (exact) mass is 236 g/mol. The summed E-state index contributed by atoms with van der Waals surface area (Å²) >= 11 is 0. The highest BCUT2D eigenvalue weighted by Gasteiger charge is 2.16. The Balaban J connectivity index is 2.11. The van der Waals surface area contributed by atoms with Crippen molar-refractivity contribution in [3.05, 3.63) is 29.6 Å². The molecule has 1 aromatic rings. The molecule has 2 nitrogen and oxygen atoms in total. The molecule has 3 heteroatoms. The first-order valence-corrected chi connectivity index (χ1v) is 6.45. The third-order valence-electron chi connectivity index (χ3n) is 3.55. The third-order valence-corrected chi connectivity index (χ3v) is 3.55. The minimum atomic E-state index is -0.148. The number of nitrogens with one attached hydrogen (secondary N) is 1. The predicted octanol–water partition coefficient (Wildman–Crippen LogP) is 2.71. The molecule has 1 atom stereocenters. The Morgan fingerprint density at radius 1 is 1.41 bits per heavy atom. The molecule has 0 radical (unpaired) electrons. The lowest BCUT2D eigenvalue weighted by Gasteiger charge is -2.24. The summed E-state index contributed by atoms with van der Waals surface area (Å²) < 4.78 is 13.1. The zero-order valence-electron chi connectivity index (χ0n) is 10.7. The zero-order valence-corrected chi connectivity index (χ0v) is 10.7. The van der Waals surface area contributed by atoms with Crippen LogP contribution in [-0.4, -0.2) is 25.7 Å². The number of halogens is 1. The summed E-state index contributed by atoms with van der Waals surface area (Å²) in [6.45, 7) is 7.26. The minimum absolute atomic E-state index is 0.148. The van der Waals surface area contributed by atoms with Crippen LogP contribution in [0.25, 0.3) is 0 Å². The van der Waals surface area contributed by atoms with Crippen LogP contribution in [0.5, 0.6) is 0 Å². The second-order valence-electron chi connectivity index (χ2n) is 4.77. The van der Waals surface area contributed by atoms with Gasteiger partial charge in [0.15, 0.2) is 0 Å². The van der Waals surface area contributed by atoms with Gasteiger partial charge in [0.25, 0.3) is 0 Å². The molecule has 0 aromatic heterocycles. The quantitative estimate of drug-likeness (QED) is 0.849. The molecule has 17 heavy (non-hydrogen) atoms. The zero-order chi connectivity index (χ0) is 12.3. The molecular formula is C14H21FN2. The molecule has 0 amide bonds. The molecule has 0 spiro atoms. The second-order valence-corrected chi connectivity index (χ2v) is 4.77. The van der Waals surface area contributed by atoms with Gasteiger partial charge >= 0.3 is 0 Å². The maximum absolute atomic E-state index is 13.1. The first-order valence-electron chi connectivity index (χ1n) is 6.45. The van der Waals surface area contributed by atoms with Gasteiger partial charge in [-0.1, -0.05) is 6.92 Å². The lowest BCUT2D eigenvalue weighted by Crippen LogP contribution is -2.30. The van der Waals surface area contributed by atoms with Gasteiger partial charge in [0, 0.05) is 31.4 Å². The van der Waals surface area contributed by atoms with Crippen LogP contribution < -0.4 is 10.2 Å². The molecule has 1 saturated heterocycles. The molecule has 1 fully saturated rings. The van der Waals surface area contributed by atoms with Crippen molar-refractivity contribution in [3.8, 4) is 0 Å². The first kappa shape index (κ1) is 12.4. The van der Waals surface area contributed by atoms with Gasteiger partial charge in [0.05, 0.1) is 0 Å². The number of aryl methyl sites for hydroxylation is 1. The molecule has 0 saturated carbocycles. The Hall–Kier alpha value is -1.09. The van der Waals surface area contributed by atoms with Crippen molar-refractivity contribution in [2.45, 2.75) is 32.7 Å². The number of benzene rings is 1. The fraction of sp³-hybridized carbons (Fsp3) is 0.571. The van der Waals surface area contributed by atoms with Gasteiger partial charge in [-0.05, 0) is 43.5 Å². The van der Waals surface area contributed by atoms with E-state index in [9.17, 15) is 4.39 Å². The van der Waals surface area contributed by atoms with E-state index in [0.29, 0.717) is 6.04 Å². The highest BCUT2D eigenvalue weighted by atomic mass is 19.1. The molecular weight excluding hydrogens is 215 g/mol. The van der Waals surface area contributed by atoms with Crippen molar-refractivity contribution >= 4 is 5.69 Å². The minimum Gasteiger partial charge on any atom is -0.370 e. The molecule has 94 valence electrons. The standard InChI is InChI=1S/C14H21FN2/c1-3-13-6-8-17(9-7-16-13)14-5-4-12(15)10-11(14)2/h4-5,10,13,16H,3,6-9H2,1-2H3. The molecule has 1 heterocycles. The molecule has 1 aliphatic heterocycles. The van der Waals surface area contributed by atoms with E-state index in [4.69, 9.17) is 0 Å². The normalized spacial score (nSPS) is 21.4. The molecule has 1 unspecified atom stereocenters. The van der Waals surface area contributed by atoms with E-state index in [1.165, 1.54) is 12.1 Å². The van der Waals surface area contributed by atoms with Gasteiger partial charge in [0.1, 0.15) is 5.82 Å². The fourth-order valence-electron chi connectivity index (χ4n) is 2.49. The summed E-state index contributed by atoms with van der Waals surface area (Å²) in [6.07, 6.45) is 2.34. The second kappa shape index (κ2) is 5.50. The molecule has 0 bridgehead atoms. The lowest BCUT2D eigenvalue weighted by atomic mass is 10.1. The van der Waals surface area contributed by atoms with E-state index in [1.807, 2.05) is 13.0 Å². The number of nitrogens with zero attached hydrogens (tertiary/aromatic N) is 1. The predicted molar refractivity (Wildman–Crippen MR) is 70.0 cm³/mol. The first-order chi connectivity index (χ1) is 8.20. The van der Waals surface area contributed by atoms with Crippen LogP contribution in [0, 0.1) is 12.7 Å². The van der Waals surface area contributed by atoms with E-state index in [2.05, 4.69) is 17.1 Å². The summed E-state index contributed by atoms with van der Waals surface area (Å²) in [6, 6.07) is 5.69. The van der Waals surface area contributed by atoms with Crippen LogP contribution in [0.4, 0.5) is 10.1 Å². The summed E-state index contributed by atoms with van der Waals surface area (Å²) in [4.78, 5) is 2.36. The van der Waals surface area contributed by atoms with Crippen molar-refractivity contribution < 1.29 is 4.39 Å². The SMILES string of the molecule is CCC1CCN(c2ccc(F)cc2C)CCN1. The van der Waals surface area contributed by atoms with Crippen LogP contribution >= 0.6 is 0 Å². The van der Waals surface area contributed by atoms with Crippen LogP contribution in [0.2, 0.25) is 0 Å². The van der Waals surface area contributed by atoms with Gasteiger partial charge in [-0.25, -0.2) is 4.39 Å². The number of hydrogen-bond acceptors (Lipinski definition) is 2. The van der Waals surface area contributed by atoms with Gasteiger partial charge < -0.3 is 10.2 Å². The van der Waals surface area contributed by atoms with Crippen LogP contribution in [0.1, 0.15) is 25.3 Å². The van der Waals surface area contributed by atoms with E-state index in [1.54, 1.807) is 12.1 Å². The Bertz CT molecular complexity index is 378. The summed E-state index contributed by atoms with van der Waals surface area (Å²) in [5, 5.41) is 3.55. The van der Waals surface area contributed by atoms with Gasteiger partial charge in [-0.2, -0.15) is 0 Å². The third kappa shape index (κ3) is 2.97. The lowest BCUT2D eigenvalue weighted by molar-refractivity contribution is 0.510. The number of rotatable bonds is 2. The molecule has 0 aliphatic carbocycles. The smallest absolute Gasteiger partial charge is 0.123 e. The molecule has 1 N–H and O–H groups in total. The molecule has 2 rings (SSSR count). The Labute approximate surface area is 103 Å². The highest BCUT2D eigenvalue weighted by Crippen LogP contribution is 2.22. The topological polar surface area (TPSA) is 15.3 Å². The maximum atomic E-state index is 13.1. The van der Waals surface area contributed by atoms with E-state index in [0.717, 1.165) is 31.6 Å². The van der Waals surface area contributed by atoms with Crippen LogP contribution in [0.3, 0.4) is 0 Å². The van der Waals surface area contributed by atoms with E-state index in [-0.39, 0.29) is 5.82 Å². The average Bonchev–Trinajstić information content (AvgIpc) is 2.54. The van der Waals surface area contributed by atoms with Crippen molar-refractivity contribution in [2.75, 3.05) is 24.5 Å². The van der Waals surface area contributed by atoms with Gasteiger partial charge in [0.2, 0.25) is 0 Å². The van der Waals surface area contributed by atoms with Crippen LogP contribution in [0.15, 0.2) is 18.2 Å². The highest BCUT2D eigenvalue weighted by molar-refractivity contribution is 5.53. The number of hydrogen-bond donors (Lipinski definition) is 1. The van der Waals surface area contributed by atoms with Crippen molar-refractivity contribution in [1.82, 2.24) is 5.32 Å². The maximum Gasteiger partial charge on any atom is 0.123 e. The molecule has 1 aromatic carbocycles. The molecule has 1 aliphatic rings. The van der Waals surface area contributed by atoms with Crippen molar-refractivity contribution in [2.24, 2.45) is 0 Å². The van der Waals surface area contributed by atoms with E-state index >= 15 is 0 Å². The fourth-order valence-corrected chi connectivity index (χ4v) is 2.49. The van der Waals surface area contributed by atoms with Crippen molar-refractivity contribution in [1.29, 1.82) is 0 Å². The largest absolute Gasteiger partial charge is 0.370 e. The van der Waals surface area contributed by atoms with E-state index < -0.39 is 0 Å². The van der Waals surface area contributed by atoms with Gasteiger partial charge in [-0.3, -0.25) is 0 Å². The summed E-state index contributed by atoms with van der Waals surface area (Å²) in [7, 11) is 0. The van der Waals surface area contributed by atoms with Crippen molar-refractivity contribution in [3.63, 3.8) is 0 Å². The Morgan fingerprint density at radius 2 is 2.24 bits per heavy atom. The number of anilines is 1. The summed E-state index contributed by atoms with van der Waals surface area (Å²) in [5.41, 5.74) is 2.20. The average molecular weight is 236 g/mol. The van der Waals surface area contributed by atoms with Gasteiger partial charge in [-0.15, -0.1) is 0 Å². The summed E-state index contributed by atoms with van der Waals surface area (Å²) in [5.74, 6) is -0.148. The Morgan fingerprint density at radius 3 is 2.94 bits per heavy atom.